The summed E-state index contributed by atoms with van der Waals surface area (Å²) in [4.78, 5) is 32.5. The van der Waals surface area contributed by atoms with Crippen LogP contribution in [0, 0.1) is 16.0 Å². The van der Waals surface area contributed by atoms with Gasteiger partial charge in [-0.1, -0.05) is 0 Å². The smallest absolute Gasteiger partial charge is 0.304 e. The lowest BCUT2D eigenvalue weighted by molar-refractivity contribution is -0.432. The van der Waals surface area contributed by atoms with Crippen molar-refractivity contribution < 1.29 is 19.6 Å². The van der Waals surface area contributed by atoms with E-state index in [2.05, 4.69) is 0 Å². The average Bonchev–Trinajstić information content (AvgIpc) is 2.30. The number of carbonyl (C=O) groups excluding carboxylic acids is 1. The van der Waals surface area contributed by atoms with E-state index in [1.165, 1.54) is 7.05 Å². The highest BCUT2D eigenvalue weighted by atomic mass is 16.6. The zero-order valence-corrected chi connectivity index (χ0v) is 7.84. The largest absolute Gasteiger partial charge is 0.481 e. The Morgan fingerprint density at radius 3 is 2.67 bits per heavy atom. The van der Waals surface area contributed by atoms with Gasteiger partial charge < -0.3 is 10.8 Å². The van der Waals surface area contributed by atoms with Crippen LogP contribution in [0.1, 0.15) is 6.42 Å². The molecule has 8 heteroatoms. The zero-order chi connectivity index (χ0) is 11.7. The molecule has 1 rings (SSSR count). The molecule has 0 spiro atoms. The van der Waals surface area contributed by atoms with Crippen LogP contribution in [0.25, 0.3) is 0 Å². The van der Waals surface area contributed by atoms with Crippen LogP contribution in [-0.2, 0) is 9.59 Å². The Morgan fingerprint density at radius 1 is 1.73 bits per heavy atom. The molecule has 82 valence electrons. The highest BCUT2D eigenvalue weighted by molar-refractivity contribution is 5.89. The summed E-state index contributed by atoms with van der Waals surface area (Å²) in [6.45, 7) is 0. The van der Waals surface area contributed by atoms with E-state index in [1.807, 2.05) is 0 Å². The standard InChI is InChI=1S/C7H9N3O5/c1-9-6(8)5(10(14)15)3(7(9)13)2-4(11)12/h3H,2,8H2,1H3,(H,11,12). The molecule has 0 saturated carbocycles. The van der Waals surface area contributed by atoms with Crippen molar-refractivity contribution in [1.29, 1.82) is 0 Å². The van der Waals surface area contributed by atoms with Crippen LogP contribution in [0.3, 0.4) is 0 Å². The van der Waals surface area contributed by atoms with Crippen LogP contribution < -0.4 is 5.73 Å². The number of nitrogens with two attached hydrogens (primary N) is 1. The van der Waals surface area contributed by atoms with Gasteiger partial charge in [-0.25, -0.2) is 0 Å². The zero-order valence-electron chi connectivity index (χ0n) is 7.84. The number of carboxylic acids is 1. The van der Waals surface area contributed by atoms with Crippen molar-refractivity contribution in [3.05, 3.63) is 21.6 Å². The molecule has 8 nitrogen and oxygen atoms in total. The molecule has 15 heavy (non-hydrogen) atoms. The topological polar surface area (TPSA) is 127 Å². The van der Waals surface area contributed by atoms with E-state index in [-0.39, 0.29) is 5.82 Å². The number of hydrogen-bond donors (Lipinski definition) is 2. The minimum absolute atomic E-state index is 0.295. The Morgan fingerprint density at radius 2 is 2.27 bits per heavy atom. The third kappa shape index (κ3) is 1.73. The SMILES string of the molecule is CN1C(=O)C(CC(=O)O)C([N+](=O)[O-])=C1N. The second-order valence-electron chi connectivity index (χ2n) is 3.08. The first-order valence-electron chi connectivity index (χ1n) is 3.99. The van der Waals surface area contributed by atoms with Crippen LogP contribution in [0.2, 0.25) is 0 Å². The van der Waals surface area contributed by atoms with Crippen LogP contribution in [0.4, 0.5) is 0 Å². The van der Waals surface area contributed by atoms with Crippen LogP contribution in [-0.4, -0.2) is 33.9 Å². The molecule has 1 atom stereocenters. The lowest BCUT2D eigenvalue weighted by Gasteiger charge is -2.08. The van der Waals surface area contributed by atoms with Crippen molar-refractivity contribution in [2.45, 2.75) is 6.42 Å². The van der Waals surface area contributed by atoms with E-state index < -0.39 is 34.8 Å². The minimum Gasteiger partial charge on any atom is -0.481 e. The number of carboxylic acid groups (broad SMARTS) is 1. The first-order valence-corrected chi connectivity index (χ1v) is 3.99. The van der Waals surface area contributed by atoms with E-state index in [4.69, 9.17) is 10.8 Å². The fourth-order valence-electron chi connectivity index (χ4n) is 1.40. The Labute approximate surface area is 84.1 Å². The molecule has 0 bridgehead atoms. The summed E-state index contributed by atoms with van der Waals surface area (Å²) < 4.78 is 0. The number of aliphatic carboxylic acids is 1. The van der Waals surface area contributed by atoms with Gasteiger partial charge in [-0.2, -0.15) is 0 Å². The summed E-state index contributed by atoms with van der Waals surface area (Å²) in [6.07, 6.45) is -0.625. The second kappa shape index (κ2) is 3.56. The Balaban J connectivity index is 3.09. The number of rotatable bonds is 3. The summed E-state index contributed by atoms with van der Waals surface area (Å²) in [5.41, 5.74) is 4.79. The van der Waals surface area contributed by atoms with Crippen LogP contribution >= 0.6 is 0 Å². The number of nitro groups is 1. The van der Waals surface area contributed by atoms with Crippen molar-refractivity contribution in [3.8, 4) is 0 Å². The maximum atomic E-state index is 11.4. The Kier molecular flexibility index (Phi) is 2.60. The monoisotopic (exact) mass is 215 g/mol. The van der Waals surface area contributed by atoms with Crippen molar-refractivity contribution in [2.75, 3.05) is 7.05 Å². The molecule has 3 N–H and O–H groups in total. The predicted octanol–water partition coefficient (Wildman–Crippen LogP) is -1.05. The highest BCUT2D eigenvalue weighted by Crippen LogP contribution is 2.28. The second-order valence-corrected chi connectivity index (χ2v) is 3.08. The summed E-state index contributed by atoms with van der Waals surface area (Å²) in [7, 11) is 1.27. The third-order valence-corrected chi connectivity index (χ3v) is 2.16. The molecule has 0 saturated heterocycles. The molecule has 0 aromatic heterocycles. The van der Waals surface area contributed by atoms with Gasteiger partial charge in [0, 0.05) is 7.05 Å². The van der Waals surface area contributed by atoms with Gasteiger partial charge in [0.15, 0.2) is 5.82 Å². The summed E-state index contributed by atoms with van der Waals surface area (Å²) >= 11 is 0. The molecule has 1 aliphatic rings. The molecule has 1 amide bonds. The molecule has 0 fully saturated rings. The van der Waals surface area contributed by atoms with Crippen molar-refractivity contribution in [2.24, 2.45) is 11.7 Å². The van der Waals surface area contributed by atoms with Gasteiger partial charge in [-0.15, -0.1) is 0 Å². The van der Waals surface area contributed by atoms with Crippen LogP contribution in [0.15, 0.2) is 11.5 Å². The first-order chi connectivity index (χ1) is 6.86. The van der Waals surface area contributed by atoms with E-state index >= 15 is 0 Å². The van der Waals surface area contributed by atoms with E-state index in [1.54, 1.807) is 0 Å². The molecular formula is C7H9N3O5. The molecule has 0 aromatic rings. The van der Waals surface area contributed by atoms with E-state index in [0.29, 0.717) is 0 Å². The predicted molar refractivity (Wildman–Crippen MR) is 46.7 cm³/mol. The minimum atomic E-state index is -1.29. The molecule has 1 heterocycles. The molecular weight excluding hydrogens is 206 g/mol. The number of amides is 1. The summed E-state index contributed by atoms with van der Waals surface area (Å²) in [6, 6.07) is 0. The summed E-state index contributed by atoms with van der Waals surface area (Å²) in [5, 5.41) is 19.1. The van der Waals surface area contributed by atoms with Crippen molar-refractivity contribution >= 4 is 11.9 Å². The third-order valence-electron chi connectivity index (χ3n) is 2.16. The molecule has 1 unspecified atom stereocenters. The highest BCUT2D eigenvalue weighted by Gasteiger charge is 2.45. The van der Waals surface area contributed by atoms with Gasteiger partial charge in [0.2, 0.25) is 5.91 Å². The number of hydrogen-bond acceptors (Lipinski definition) is 5. The quantitative estimate of drug-likeness (QED) is 0.457. The molecule has 0 radical (unpaired) electrons. The molecule has 0 aromatic carbocycles. The number of nitrogens with zero attached hydrogens (tertiary/aromatic N) is 2. The normalized spacial score (nSPS) is 21.0. The lowest BCUT2D eigenvalue weighted by Crippen LogP contribution is -2.28. The van der Waals surface area contributed by atoms with Gasteiger partial charge in [0.25, 0.3) is 5.70 Å². The Bertz CT molecular complexity index is 375. The fourth-order valence-corrected chi connectivity index (χ4v) is 1.40. The van der Waals surface area contributed by atoms with Gasteiger partial charge in [-0.05, 0) is 0 Å². The summed E-state index contributed by atoms with van der Waals surface area (Å²) in [5.74, 6) is -3.53. The van der Waals surface area contributed by atoms with Crippen LogP contribution in [0.5, 0.6) is 0 Å². The van der Waals surface area contributed by atoms with Crippen molar-refractivity contribution in [3.63, 3.8) is 0 Å². The first kappa shape index (κ1) is 11.0. The number of carbonyl (C=O) groups is 2. The maximum absolute atomic E-state index is 11.4. The van der Waals surface area contributed by atoms with Gasteiger partial charge in [0.05, 0.1) is 11.3 Å². The lowest BCUT2D eigenvalue weighted by atomic mass is 10.0. The van der Waals surface area contributed by atoms with Crippen molar-refractivity contribution in [1.82, 2.24) is 4.90 Å². The maximum Gasteiger partial charge on any atom is 0.304 e. The van der Waals surface area contributed by atoms with E-state index in [9.17, 15) is 19.7 Å². The van der Waals surface area contributed by atoms with Gasteiger partial charge >= 0.3 is 5.97 Å². The molecule has 0 aliphatic carbocycles. The fraction of sp³-hybridized carbons (Fsp3) is 0.429. The Hall–Kier alpha value is -2.12. The van der Waals surface area contributed by atoms with E-state index in [0.717, 1.165) is 4.90 Å². The average molecular weight is 215 g/mol. The van der Waals surface area contributed by atoms with Gasteiger partial charge in [0.1, 0.15) is 5.92 Å². The molecule has 1 aliphatic heterocycles. The van der Waals surface area contributed by atoms with Gasteiger partial charge in [-0.3, -0.25) is 24.6 Å².